The van der Waals surface area contributed by atoms with E-state index >= 15 is 0 Å². The SMILES string of the molecule is CCCCN(CCCC)C(=O)c1cc(C)n(-c2ccc(NC(=O)CN3CC(c4ccccc4)CC3=O)cc2C(=O)N2Cc3ccccc3C[C@H]2CO)n1. The second kappa shape index (κ2) is 17.0. The Hall–Kier alpha value is -5.29. The Kier molecular flexibility index (Phi) is 12.0. The lowest BCUT2D eigenvalue weighted by molar-refractivity contribution is -0.131. The molecular formula is C42H50N6O5. The standard InChI is InChI=1S/C42H50N6O5/c1-4-6-19-45(20-7-5-2)42(53)37-21-29(3)48(44-37)38-18-17-34(43-39(50)27-46-25-33(23-40(46)51)30-13-9-8-10-14-30)24-36(38)41(52)47-26-32-16-12-11-15-31(32)22-35(47)28-49/h8-18,21,24,33,35,49H,4-7,19-20,22-23,25-28H2,1-3H3,(H,43,50)/t33?,35-/m0/s1. The van der Waals surface area contributed by atoms with Gasteiger partial charge in [-0.25, -0.2) is 4.68 Å². The molecule has 1 saturated heterocycles. The van der Waals surface area contributed by atoms with Gasteiger partial charge in [0.1, 0.15) is 0 Å². The first-order valence-electron chi connectivity index (χ1n) is 18.8. The summed E-state index contributed by atoms with van der Waals surface area (Å²) in [6.07, 6.45) is 4.57. The number of likely N-dealkylation sites (tertiary alicyclic amines) is 1. The van der Waals surface area contributed by atoms with Crippen molar-refractivity contribution in [2.24, 2.45) is 0 Å². The fourth-order valence-electron chi connectivity index (χ4n) is 7.36. The fourth-order valence-corrected chi connectivity index (χ4v) is 7.36. The highest BCUT2D eigenvalue weighted by molar-refractivity contribution is 6.01. The van der Waals surface area contributed by atoms with Crippen molar-refractivity contribution in [2.75, 3.05) is 38.1 Å². The minimum Gasteiger partial charge on any atom is -0.394 e. The average Bonchev–Trinajstić information content (AvgIpc) is 3.75. The maximum atomic E-state index is 14.6. The highest BCUT2D eigenvalue weighted by atomic mass is 16.3. The van der Waals surface area contributed by atoms with Crippen LogP contribution in [-0.2, 0) is 22.6 Å². The molecule has 11 nitrogen and oxygen atoms in total. The van der Waals surface area contributed by atoms with E-state index in [1.807, 2.05) is 66.4 Å². The van der Waals surface area contributed by atoms with Gasteiger partial charge in [0.15, 0.2) is 5.69 Å². The third-order valence-corrected chi connectivity index (χ3v) is 10.3. The van der Waals surface area contributed by atoms with Crippen molar-refractivity contribution in [1.29, 1.82) is 0 Å². The Morgan fingerprint density at radius 3 is 2.30 bits per heavy atom. The topological polar surface area (TPSA) is 128 Å². The van der Waals surface area contributed by atoms with Gasteiger partial charge in [-0.1, -0.05) is 81.3 Å². The second-order valence-corrected chi connectivity index (χ2v) is 14.2. The van der Waals surface area contributed by atoms with E-state index in [-0.39, 0.29) is 48.3 Å². The van der Waals surface area contributed by atoms with Crippen LogP contribution >= 0.6 is 0 Å². The third-order valence-electron chi connectivity index (χ3n) is 10.3. The number of anilines is 1. The molecule has 2 aliphatic heterocycles. The summed E-state index contributed by atoms with van der Waals surface area (Å²) in [6.45, 7) is 7.77. The Balaban J connectivity index is 1.30. The van der Waals surface area contributed by atoms with Gasteiger partial charge in [-0.15, -0.1) is 0 Å². The Labute approximate surface area is 311 Å². The van der Waals surface area contributed by atoms with Crippen LogP contribution in [0.1, 0.15) is 95.1 Å². The van der Waals surface area contributed by atoms with Crippen molar-refractivity contribution < 1.29 is 24.3 Å². The molecule has 0 saturated carbocycles. The first-order chi connectivity index (χ1) is 25.7. The molecule has 6 rings (SSSR count). The van der Waals surface area contributed by atoms with Crippen LogP contribution in [0.5, 0.6) is 0 Å². The average molecular weight is 719 g/mol. The van der Waals surface area contributed by atoms with E-state index in [0.717, 1.165) is 42.4 Å². The zero-order valence-corrected chi connectivity index (χ0v) is 31.0. The molecule has 0 radical (unpaired) electrons. The van der Waals surface area contributed by atoms with Gasteiger partial charge in [0.05, 0.1) is 30.4 Å². The molecule has 0 aliphatic carbocycles. The van der Waals surface area contributed by atoms with Crippen LogP contribution in [0.2, 0.25) is 0 Å². The number of nitrogens with one attached hydrogen (secondary N) is 1. The summed E-state index contributed by atoms with van der Waals surface area (Å²) in [4.78, 5) is 59.7. The van der Waals surface area contributed by atoms with Crippen molar-refractivity contribution in [3.63, 3.8) is 0 Å². The first-order valence-corrected chi connectivity index (χ1v) is 18.8. The molecular weight excluding hydrogens is 668 g/mol. The number of carbonyl (C=O) groups is 4. The molecule has 1 aromatic heterocycles. The molecule has 3 heterocycles. The minimum atomic E-state index is -0.455. The lowest BCUT2D eigenvalue weighted by Gasteiger charge is -2.36. The molecule has 53 heavy (non-hydrogen) atoms. The third kappa shape index (κ3) is 8.52. The van der Waals surface area contributed by atoms with Crippen molar-refractivity contribution in [1.82, 2.24) is 24.5 Å². The summed E-state index contributed by atoms with van der Waals surface area (Å²) in [5, 5.41) is 18.1. The summed E-state index contributed by atoms with van der Waals surface area (Å²) >= 11 is 0. The largest absolute Gasteiger partial charge is 0.394 e. The molecule has 1 unspecified atom stereocenters. The summed E-state index contributed by atoms with van der Waals surface area (Å²) in [5.74, 6) is -0.915. The van der Waals surface area contributed by atoms with E-state index in [2.05, 4.69) is 19.2 Å². The number of fused-ring (bicyclic) bond motifs is 1. The van der Waals surface area contributed by atoms with Gasteiger partial charge in [0.25, 0.3) is 11.8 Å². The number of aromatic nitrogens is 2. The predicted molar refractivity (Wildman–Crippen MR) is 204 cm³/mol. The summed E-state index contributed by atoms with van der Waals surface area (Å²) < 4.78 is 1.61. The molecule has 278 valence electrons. The van der Waals surface area contributed by atoms with Gasteiger partial charge >= 0.3 is 0 Å². The predicted octanol–water partition coefficient (Wildman–Crippen LogP) is 5.74. The summed E-state index contributed by atoms with van der Waals surface area (Å²) in [5.41, 5.74) is 5.24. The zero-order chi connectivity index (χ0) is 37.5. The number of amides is 4. The van der Waals surface area contributed by atoms with Crippen LogP contribution in [-0.4, -0.2) is 92.0 Å². The summed E-state index contributed by atoms with van der Waals surface area (Å²) in [7, 11) is 0. The molecule has 2 aliphatic rings. The molecule has 2 N–H and O–H groups in total. The number of aliphatic hydroxyl groups excluding tert-OH is 1. The Bertz CT molecular complexity index is 1930. The van der Waals surface area contributed by atoms with Crippen molar-refractivity contribution in [3.05, 3.63) is 113 Å². The number of benzene rings is 3. The highest BCUT2D eigenvalue weighted by Gasteiger charge is 2.34. The molecule has 3 aromatic carbocycles. The maximum absolute atomic E-state index is 14.6. The minimum absolute atomic E-state index is 0.0219. The van der Waals surface area contributed by atoms with E-state index in [4.69, 9.17) is 5.10 Å². The lowest BCUT2D eigenvalue weighted by atomic mass is 9.93. The van der Waals surface area contributed by atoms with Gasteiger partial charge in [-0.2, -0.15) is 5.10 Å². The molecule has 4 amide bonds. The number of unbranched alkanes of at least 4 members (excludes halogenated alkanes) is 2. The maximum Gasteiger partial charge on any atom is 0.274 e. The molecule has 1 fully saturated rings. The van der Waals surface area contributed by atoms with Crippen molar-refractivity contribution >= 4 is 29.3 Å². The quantitative estimate of drug-likeness (QED) is 0.171. The zero-order valence-electron chi connectivity index (χ0n) is 31.0. The number of nitrogens with zero attached hydrogens (tertiary/aromatic N) is 5. The summed E-state index contributed by atoms with van der Waals surface area (Å²) in [6, 6.07) is 24.1. The highest BCUT2D eigenvalue weighted by Crippen LogP contribution is 2.30. The van der Waals surface area contributed by atoms with E-state index in [1.54, 1.807) is 38.7 Å². The lowest BCUT2D eigenvalue weighted by Crippen LogP contribution is -2.46. The van der Waals surface area contributed by atoms with Crippen LogP contribution < -0.4 is 5.32 Å². The van der Waals surface area contributed by atoms with E-state index < -0.39 is 6.04 Å². The Morgan fingerprint density at radius 1 is 0.906 bits per heavy atom. The van der Waals surface area contributed by atoms with Crippen LogP contribution in [0.15, 0.2) is 78.9 Å². The molecule has 11 heteroatoms. The van der Waals surface area contributed by atoms with E-state index in [9.17, 15) is 24.3 Å². The van der Waals surface area contributed by atoms with Gasteiger partial charge in [-0.3, -0.25) is 19.2 Å². The number of hydrogen-bond acceptors (Lipinski definition) is 6. The van der Waals surface area contributed by atoms with Crippen molar-refractivity contribution in [2.45, 2.75) is 77.8 Å². The van der Waals surface area contributed by atoms with Crippen molar-refractivity contribution in [3.8, 4) is 5.69 Å². The van der Waals surface area contributed by atoms with E-state index in [0.29, 0.717) is 61.8 Å². The second-order valence-electron chi connectivity index (χ2n) is 14.2. The fraction of sp³-hybridized carbons (Fsp3) is 0.405. The number of rotatable bonds is 14. The van der Waals surface area contributed by atoms with Gasteiger partial charge < -0.3 is 25.1 Å². The monoisotopic (exact) mass is 718 g/mol. The number of aliphatic hydroxyl groups is 1. The van der Waals surface area contributed by atoms with Crippen LogP contribution in [0.25, 0.3) is 5.69 Å². The first kappa shape index (κ1) is 37.5. The smallest absolute Gasteiger partial charge is 0.274 e. The van der Waals surface area contributed by atoms with Crippen LogP contribution in [0.3, 0.4) is 0 Å². The number of carbonyl (C=O) groups excluding carboxylic acids is 4. The number of hydrogen-bond donors (Lipinski definition) is 2. The van der Waals surface area contributed by atoms with Gasteiger partial charge in [0.2, 0.25) is 11.8 Å². The molecule has 2 atom stereocenters. The molecule has 4 aromatic rings. The normalized spacial score (nSPS) is 16.8. The van der Waals surface area contributed by atoms with Gasteiger partial charge in [0, 0.05) is 49.9 Å². The van der Waals surface area contributed by atoms with Crippen LogP contribution in [0, 0.1) is 6.92 Å². The van der Waals surface area contributed by atoms with Gasteiger partial charge in [-0.05, 0) is 67.1 Å². The van der Waals surface area contributed by atoms with E-state index in [1.165, 1.54) is 0 Å². The van der Waals surface area contributed by atoms with Crippen LogP contribution in [0.4, 0.5) is 5.69 Å². The molecule has 0 spiro atoms. The number of aryl methyl sites for hydroxylation is 1. The Morgan fingerprint density at radius 2 is 1.60 bits per heavy atom. The molecule has 0 bridgehead atoms.